The van der Waals surface area contributed by atoms with Crippen molar-refractivity contribution in [1.82, 2.24) is 9.97 Å². The zero-order valence-corrected chi connectivity index (χ0v) is 16.1. The van der Waals surface area contributed by atoms with Crippen molar-refractivity contribution in [3.05, 3.63) is 53.6 Å². The minimum Gasteiger partial charge on any atom is -0.494 e. The Morgan fingerprint density at radius 3 is 2.19 bits per heavy atom. The van der Waals surface area contributed by atoms with Crippen molar-refractivity contribution in [2.24, 2.45) is 0 Å². The Morgan fingerprint density at radius 1 is 0.808 bits per heavy atom. The van der Waals surface area contributed by atoms with Crippen molar-refractivity contribution >= 4 is 0 Å². The molecule has 1 aromatic heterocycles. The summed E-state index contributed by atoms with van der Waals surface area (Å²) in [5.41, 5.74) is 2.13. The van der Waals surface area contributed by atoms with Gasteiger partial charge in [0.15, 0.2) is 0 Å². The molecule has 0 aliphatic carbocycles. The van der Waals surface area contributed by atoms with Crippen molar-refractivity contribution in [3.63, 3.8) is 0 Å². The average Bonchev–Trinajstić information content (AvgIpc) is 2.69. The van der Waals surface area contributed by atoms with Crippen LogP contribution in [0.15, 0.2) is 36.7 Å². The predicted molar refractivity (Wildman–Crippen MR) is 107 cm³/mol. The van der Waals surface area contributed by atoms with Gasteiger partial charge in [0.05, 0.1) is 6.61 Å². The summed E-state index contributed by atoms with van der Waals surface area (Å²) < 4.78 is 5.71. The van der Waals surface area contributed by atoms with E-state index in [4.69, 9.17) is 4.74 Å². The van der Waals surface area contributed by atoms with Crippen molar-refractivity contribution in [2.75, 3.05) is 6.61 Å². The van der Waals surface area contributed by atoms with Crippen LogP contribution in [0, 0.1) is 11.8 Å². The highest BCUT2D eigenvalue weighted by Gasteiger charge is 1.97. The lowest BCUT2D eigenvalue weighted by molar-refractivity contribution is 0.306. The van der Waals surface area contributed by atoms with E-state index in [0.717, 1.165) is 30.8 Å². The van der Waals surface area contributed by atoms with E-state index in [-0.39, 0.29) is 0 Å². The fraction of sp³-hybridized carbons (Fsp3) is 0.478. The molecule has 0 saturated heterocycles. The highest BCUT2D eigenvalue weighted by atomic mass is 16.5. The third-order valence-electron chi connectivity index (χ3n) is 4.21. The molecule has 0 N–H and O–H groups in total. The van der Waals surface area contributed by atoms with E-state index in [2.05, 4.69) is 35.7 Å². The van der Waals surface area contributed by atoms with Crippen LogP contribution in [-0.2, 0) is 6.42 Å². The maximum Gasteiger partial charge on any atom is 0.205 e. The summed E-state index contributed by atoms with van der Waals surface area (Å²) in [5.74, 6) is 7.61. The van der Waals surface area contributed by atoms with Gasteiger partial charge in [0, 0.05) is 18.0 Å². The molecule has 0 aliphatic heterocycles. The molecule has 3 nitrogen and oxygen atoms in total. The van der Waals surface area contributed by atoms with Gasteiger partial charge >= 0.3 is 0 Å². The first kappa shape index (κ1) is 20.0. The first-order chi connectivity index (χ1) is 12.8. The van der Waals surface area contributed by atoms with Crippen LogP contribution in [0.25, 0.3) is 0 Å². The molecular weight excluding hydrogens is 320 g/mol. The van der Waals surface area contributed by atoms with E-state index in [1.54, 1.807) is 0 Å². The normalized spacial score (nSPS) is 10.2. The number of hydrogen-bond acceptors (Lipinski definition) is 3. The molecule has 0 unspecified atom stereocenters. The van der Waals surface area contributed by atoms with E-state index in [0.29, 0.717) is 5.82 Å². The zero-order chi connectivity index (χ0) is 18.5. The maximum absolute atomic E-state index is 5.71. The second-order valence-corrected chi connectivity index (χ2v) is 6.56. The summed E-state index contributed by atoms with van der Waals surface area (Å²) in [5, 5.41) is 0. The van der Waals surface area contributed by atoms with Gasteiger partial charge in [-0.1, -0.05) is 51.9 Å². The zero-order valence-electron chi connectivity index (χ0n) is 16.1. The lowest BCUT2D eigenvalue weighted by Crippen LogP contribution is -1.96. The maximum atomic E-state index is 5.71. The average molecular weight is 351 g/mol. The molecular formula is C23H30N2O. The Bertz CT molecular complexity index is 621. The number of aromatic nitrogens is 2. The molecule has 0 bridgehead atoms. The van der Waals surface area contributed by atoms with Gasteiger partial charge in [-0.15, -0.1) is 0 Å². The molecule has 0 saturated carbocycles. The minimum atomic E-state index is 0.571. The molecule has 0 aliphatic rings. The SMILES string of the molecule is CCCCCCc1cnc(C#Cc2ccc(OCCCCC)cc2)nc1. The van der Waals surface area contributed by atoms with Crippen LogP contribution < -0.4 is 4.74 Å². The predicted octanol–water partition coefficient (Wildman–Crippen LogP) is 5.57. The van der Waals surface area contributed by atoms with Gasteiger partial charge in [-0.05, 0) is 55.0 Å². The summed E-state index contributed by atoms with van der Waals surface area (Å²) in [6.45, 7) is 5.20. The van der Waals surface area contributed by atoms with Crippen LogP contribution in [-0.4, -0.2) is 16.6 Å². The molecule has 2 rings (SSSR count). The smallest absolute Gasteiger partial charge is 0.205 e. The minimum absolute atomic E-state index is 0.571. The monoisotopic (exact) mass is 350 g/mol. The quantitative estimate of drug-likeness (QED) is 0.415. The fourth-order valence-electron chi connectivity index (χ4n) is 2.61. The van der Waals surface area contributed by atoms with E-state index in [1.807, 2.05) is 36.7 Å². The van der Waals surface area contributed by atoms with Crippen LogP contribution in [0.3, 0.4) is 0 Å². The lowest BCUT2D eigenvalue weighted by Gasteiger charge is -2.05. The number of rotatable bonds is 10. The van der Waals surface area contributed by atoms with Crippen LogP contribution in [0.2, 0.25) is 0 Å². The fourth-order valence-corrected chi connectivity index (χ4v) is 2.61. The Labute approximate surface area is 158 Å². The van der Waals surface area contributed by atoms with E-state index in [9.17, 15) is 0 Å². The van der Waals surface area contributed by atoms with Gasteiger partial charge in [0.25, 0.3) is 0 Å². The molecule has 0 atom stereocenters. The molecule has 0 radical (unpaired) electrons. The van der Waals surface area contributed by atoms with Crippen molar-refractivity contribution in [3.8, 4) is 17.6 Å². The number of ether oxygens (including phenoxy) is 1. The van der Waals surface area contributed by atoms with Gasteiger partial charge in [0.2, 0.25) is 5.82 Å². The molecule has 0 spiro atoms. The number of nitrogens with zero attached hydrogens (tertiary/aromatic N) is 2. The topological polar surface area (TPSA) is 35.0 Å². The van der Waals surface area contributed by atoms with Gasteiger partial charge in [-0.25, -0.2) is 9.97 Å². The summed E-state index contributed by atoms with van der Waals surface area (Å²) in [6.07, 6.45) is 13.4. The lowest BCUT2D eigenvalue weighted by atomic mass is 10.1. The molecule has 0 fully saturated rings. The molecule has 1 heterocycles. The Morgan fingerprint density at radius 2 is 1.50 bits per heavy atom. The molecule has 1 aromatic carbocycles. The number of benzene rings is 1. The van der Waals surface area contributed by atoms with Gasteiger partial charge in [-0.2, -0.15) is 0 Å². The second-order valence-electron chi connectivity index (χ2n) is 6.56. The summed E-state index contributed by atoms with van der Waals surface area (Å²) in [4.78, 5) is 8.72. The van der Waals surface area contributed by atoms with E-state index < -0.39 is 0 Å². The molecule has 3 heteroatoms. The number of hydrogen-bond donors (Lipinski definition) is 0. The number of unbranched alkanes of at least 4 members (excludes halogenated alkanes) is 5. The first-order valence-corrected chi connectivity index (χ1v) is 9.87. The van der Waals surface area contributed by atoms with E-state index in [1.165, 1.54) is 44.1 Å². The highest BCUT2D eigenvalue weighted by molar-refractivity contribution is 5.40. The van der Waals surface area contributed by atoms with Gasteiger partial charge in [0.1, 0.15) is 5.75 Å². The van der Waals surface area contributed by atoms with Crippen molar-refractivity contribution < 1.29 is 4.74 Å². The van der Waals surface area contributed by atoms with Crippen LogP contribution in [0.4, 0.5) is 0 Å². The summed E-state index contributed by atoms with van der Waals surface area (Å²) in [6, 6.07) is 7.89. The molecule has 26 heavy (non-hydrogen) atoms. The summed E-state index contributed by atoms with van der Waals surface area (Å²) in [7, 11) is 0. The van der Waals surface area contributed by atoms with E-state index >= 15 is 0 Å². The first-order valence-electron chi connectivity index (χ1n) is 9.87. The van der Waals surface area contributed by atoms with Crippen LogP contribution in [0.1, 0.15) is 75.7 Å². The Balaban J connectivity index is 1.82. The van der Waals surface area contributed by atoms with Crippen molar-refractivity contribution in [2.45, 2.75) is 65.2 Å². The second kappa shape index (κ2) is 12.1. The molecule has 2 aromatic rings. The molecule has 138 valence electrons. The standard InChI is InChI=1S/C23H30N2O/c1-3-5-7-8-10-21-18-24-23(25-19-21)16-13-20-11-14-22(15-12-20)26-17-9-6-4-2/h11-12,14-15,18-19H,3-10,17H2,1-2H3. The Hall–Kier alpha value is -2.34. The van der Waals surface area contributed by atoms with Crippen LogP contribution >= 0.6 is 0 Å². The van der Waals surface area contributed by atoms with Gasteiger partial charge < -0.3 is 4.74 Å². The van der Waals surface area contributed by atoms with Crippen molar-refractivity contribution in [1.29, 1.82) is 0 Å². The largest absolute Gasteiger partial charge is 0.494 e. The number of aryl methyl sites for hydroxylation is 1. The van der Waals surface area contributed by atoms with Crippen LogP contribution in [0.5, 0.6) is 5.75 Å². The molecule has 0 amide bonds. The Kier molecular flexibility index (Phi) is 9.29. The third kappa shape index (κ3) is 7.70. The third-order valence-corrected chi connectivity index (χ3v) is 4.21. The van der Waals surface area contributed by atoms with Gasteiger partial charge in [-0.3, -0.25) is 0 Å². The summed E-state index contributed by atoms with van der Waals surface area (Å²) >= 11 is 0. The highest BCUT2D eigenvalue weighted by Crippen LogP contribution is 2.12.